The first-order valence-electron chi connectivity index (χ1n) is 10.4. The van der Waals surface area contributed by atoms with Crippen LogP contribution in [-0.4, -0.2) is 57.7 Å². The third kappa shape index (κ3) is 4.44. The van der Waals surface area contributed by atoms with E-state index in [2.05, 4.69) is 10.5 Å². The van der Waals surface area contributed by atoms with Gasteiger partial charge in [0.05, 0.1) is 18.7 Å². The standard InChI is InChI=1S/C20H28N4O5/c25-13-23(28)11-15(9-14-3-1-2-4-14)19(27)24-12-20(6-7-20)10-16(24)18(26)22-17-5-8-21-29-17/h5,8,13-16,28H,1-4,6-7,9-12H2,(H,22,26). The molecule has 2 atom stereocenters. The van der Waals surface area contributed by atoms with Crippen molar-refractivity contribution in [3.63, 3.8) is 0 Å². The smallest absolute Gasteiger partial charge is 0.249 e. The van der Waals surface area contributed by atoms with Crippen LogP contribution in [0.4, 0.5) is 5.88 Å². The molecule has 1 aromatic heterocycles. The highest BCUT2D eigenvalue weighted by molar-refractivity contribution is 5.97. The number of aromatic nitrogens is 1. The Bertz CT molecular complexity index is 742. The molecule has 4 rings (SSSR count). The molecule has 1 spiro atoms. The van der Waals surface area contributed by atoms with Crippen molar-refractivity contribution in [2.45, 2.75) is 57.4 Å². The molecule has 2 aliphatic carbocycles. The topological polar surface area (TPSA) is 116 Å². The number of nitrogens with one attached hydrogen (secondary N) is 1. The molecule has 0 aromatic carbocycles. The van der Waals surface area contributed by atoms with Crippen molar-refractivity contribution in [1.82, 2.24) is 15.1 Å². The van der Waals surface area contributed by atoms with E-state index in [0.717, 1.165) is 38.5 Å². The second kappa shape index (κ2) is 8.14. The highest BCUT2D eigenvalue weighted by Gasteiger charge is 2.56. The Labute approximate surface area is 169 Å². The van der Waals surface area contributed by atoms with E-state index in [9.17, 15) is 19.6 Å². The van der Waals surface area contributed by atoms with Crippen LogP contribution in [0.5, 0.6) is 0 Å². The predicted molar refractivity (Wildman–Crippen MR) is 102 cm³/mol. The molecule has 2 saturated carbocycles. The number of amides is 3. The number of anilines is 1. The summed E-state index contributed by atoms with van der Waals surface area (Å²) in [5, 5.41) is 16.6. The maximum absolute atomic E-state index is 13.5. The number of hydrogen-bond acceptors (Lipinski definition) is 6. The van der Waals surface area contributed by atoms with Gasteiger partial charge in [0.15, 0.2) is 0 Å². The van der Waals surface area contributed by atoms with Crippen molar-refractivity contribution in [1.29, 1.82) is 0 Å². The van der Waals surface area contributed by atoms with E-state index >= 15 is 0 Å². The number of likely N-dealkylation sites (tertiary alicyclic amines) is 1. The zero-order chi connectivity index (χ0) is 20.4. The summed E-state index contributed by atoms with van der Waals surface area (Å²) in [5.74, 6) is -0.274. The molecule has 3 amide bonds. The predicted octanol–water partition coefficient (Wildman–Crippen LogP) is 2.04. The van der Waals surface area contributed by atoms with E-state index in [1.165, 1.54) is 6.20 Å². The second-order valence-electron chi connectivity index (χ2n) is 8.86. The Morgan fingerprint density at radius 3 is 2.79 bits per heavy atom. The summed E-state index contributed by atoms with van der Waals surface area (Å²) >= 11 is 0. The van der Waals surface area contributed by atoms with Crippen molar-refractivity contribution in [3.8, 4) is 0 Å². The number of hydroxylamine groups is 2. The molecule has 2 heterocycles. The van der Waals surface area contributed by atoms with Crippen molar-refractivity contribution in [2.24, 2.45) is 17.3 Å². The third-order valence-electron chi connectivity index (χ3n) is 6.71. The molecule has 1 saturated heterocycles. The summed E-state index contributed by atoms with van der Waals surface area (Å²) < 4.78 is 4.97. The summed E-state index contributed by atoms with van der Waals surface area (Å²) in [7, 11) is 0. The maximum atomic E-state index is 13.5. The van der Waals surface area contributed by atoms with Gasteiger partial charge in [-0.15, -0.1) is 0 Å². The van der Waals surface area contributed by atoms with Crippen LogP contribution in [0.1, 0.15) is 51.4 Å². The van der Waals surface area contributed by atoms with Gasteiger partial charge in [-0.1, -0.05) is 30.8 Å². The average molecular weight is 404 g/mol. The van der Waals surface area contributed by atoms with Crippen molar-refractivity contribution in [3.05, 3.63) is 12.3 Å². The molecule has 3 fully saturated rings. The van der Waals surface area contributed by atoms with Gasteiger partial charge >= 0.3 is 0 Å². The first-order valence-corrected chi connectivity index (χ1v) is 10.4. The lowest BCUT2D eigenvalue weighted by Gasteiger charge is -2.30. The molecule has 9 nitrogen and oxygen atoms in total. The summed E-state index contributed by atoms with van der Waals surface area (Å²) in [4.78, 5) is 39.0. The summed E-state index contributed by atoms with van der Waals surface area (Å²) in [6, 6.07) is 0.979. The Morgan fingerprint density at radius 2 is 2.17 bits per heavy atom. The van der Waals surface area contributed by atoms with E-state index in [-0.39, 0.29) is 29.7 Å². The van der Waals surface area contributed by atoms with Crippen LogP contribution >= 0.6 is 0 Å². The van der Waals surface area contributed by atoms with Crippen LogP contribution < -0.4 is 5.32 Å². The fourth-order valence-electron chi connectivity index (χ4n) is 4.95. The molecular formula is C20H28N4O5. The van der Waals surface area contributed by atoms with E-state index in [1.54, 1.807) is 11.0 Å². The van der Waals surface area contributed by atoms with Gasteiger partial charge in [0, 0.05) is 12.6 Å². The minimum atomic E-state index is -0.579. The molecule has 158 valence electrons. The van der Waals surface area contributed by atoms with Crippen LogP contribution in [0.25, 0.3) is 0 Å². The molecule has 2 unspecified atom stereocenters. The van der Waals surface area contributed by atoms with Gasteiger partial charge in [-0.25, -0.2) is 5.06 Å². The zero-order valence-electron chi connectivity index (χ0n) is 16.5. The number of carbonyl (C=O) groups excluding carboxylic acids is 3. The van der Waals surface area contributed by atoms with Gasteiger partial charge in [0.25, 0.3) is 0 Å². The van der Waals surface area contributed by atoms with Crippen LogP contribution in [0.2, 0.25) is 0 Å². The van der Waals surface area contributed by atoms with Gasteiger partial charge in [0.1, 0.15) is 6.04 Å². The van der Waals surface area contributed by atoms with E-state index in [4.69, 9.17) is 4.52 Å². The van der Waals surface area contributed by atoms with Crippen molar-refractivity contribution in [2.75, 3.05) is 18.4 Å². The minimum absolute atomic E-state index is 0.0283. The lowest BCUT2D eigenvalue weighted by molar-refractivity contribution is -0.158. The molecular weight excluding hydrogens is 376 g/mol. The van der Waals surface area contributed by atoms with Gasteiger partial charge in [-0.05, 0) is 37.0 Å². The highest BCUT2D eigenvalue weighted by Crippen LogP contribution is 2.55. The van der Waals surface area contributed by atoms with Gasteiger partial charge in [-0.3, -0.25) is 24.9 Å². The number of rotatable bonds is 8. The summed E-state index contributed by atoms with van der Waals surface area (Å²) in [5.41, 5.74) is 0.0283. The monoisotopic (exact) mass is 404 g/mol. The molecule has 29 heavy (non-hydrogen) atoms. The third-order valence-corrected chi connectivity index (χ3v) is 6.71. The Hall–Kier alpha value is -2.42. The van der Waals surface area contributed by atoms with Crippen LogP contribution in [0, 0.1) is 17.3 Å². The van der Waals surface area contributed by atoms with Gasteiger partial charge < -0.3 is 9.42 Å². The summed E-state index contributed by atoms with van der Waals surface area (Å²) in [6.07, 6.45) is 9.49. The zero-order valence-corrected chi connectivity index (χ0v) is 16.5. The Morgan fingerprint density at radius 1 is 1.41 bits per heavy atom. The lowest BCUT2D eigenvalue weighted by atomic mass is 9.91. The second-order valence-corrected chi connectivity index (χ2v) is 8.86. The maximum Gasteiger partial charge on any atom is 0.249 e. The number of nitrogens with zero attached hydrogens (tertiary/aromatic N) is 3. The molecule has 9 heteroatoms. The first kappa shape index (κ1) is 19.9. The largest absolute Gasteiger partial charge is 0.338 e. The van der Waals surface area contributed by atoms with Crippen LogP contribution in [0.3, 0.4) is 0 Å². The number of carbonyl (C=O) groups is 3. The van der Waals surface area contributed by atoms with Crippen LogP contribution in [-0.2, 0) is 14.4 Å². The van der Waals surface area contributed by atoms with Gasteiger partial charge in [-0.2, -0.15) is 0 Å². The van der Waals surface area contributed by atoms with Crippen molar-refractivity contribution < 1.29 is 24.1 Å². The SMILES string of the molecule is O=CN(O)CC(CC1CCCC1)C(=O)N1CC2(CC2)CC1C(=O)Nc1ccno1. The Kier molecular flexibility index (Phi) is 5.58. The molecule has 1 aliphatic heterocycles. The fourth-order valence-corrected chi connectivity index (χ4v) is 4.95. The van der Waals surface area contributed by atoms with E-state index < -0.39 is 12.0 Å². The van der Waals surface area contributed by atoms with Crippen LogP contribution in [0.15, 0.2) is 16.8 Å². The number of hydrogen-bond donors (Lipinski definition) is 2. The molecule has 1 aromatic rings. The molecule has 0 radical (unpaired) electrons. The van der Waals surface area contributed by atoms with Crippen molar-refractivity contribution >= 4 is 24.1 Å². The average Bonchev–Trinajstić information content (AvgIpc) is 3.13. The first-order chi connectivity index (χ1) is 14.0. The van der Waals surface area contributed by atoms with E-state index in [1.807, 2.05) is 0 Å². The van der Waals surface area contributed by atoms with E-state index in [0.29, 0.717) is 36.8 Å². The van der Waals surface area contributed by atoms with Gasteiger partial charge in [0.2, 0.25) is 24.1 Å². The summed E-state index contributed by atoms with van der Waals surface area (Å²) in [6.45, 7) is 0.507. The quantitative estimate of drug-likeness (QED) is 0.389. The molecule has 2 N–H and O–H groups in total. The minimum Gasteiger partial charge on any atom is -0.338 e. The molecule has 0 bridgehead atoms. The normalized spacial score (nSPS) is 23.9. The molecule has 3 aliphatic rings. The fraction of sp³-hybridized carbons (Fsp3) is 0.700. The Balaban J connectivity index is 1.50. The lowest BCUT2D eigenvalue weighted by Crippen LogP contribution is -2.48. The highest BCUT2D eigenvalue weighted by atomic mass is 16.5.